The first-order valence-corrected chi connectivity index (χ1v) is 9.49. The van der Waals surface area contributed by atoms with E-state index in [1.807, 2.05) is 0 Å². The second-order valence-corrected chi connectivity index (χ2v) is 6.69. The molecule has 0 aliphatic rings. The number of unbranched alkanes of at least 4 members (excludes halogenated alkanes) is 2. The predicted octanol–water partition coefficient (Wildman–Crippen LogP) is 2.73. The summed E-state index contributed by atoms with van der Waals surface area (Å²) in [6, 6.07) is 5.81. The van der Waals surface area contributed by atoms with Gasteiger partial charge in [-0.05, 0) is 37.6 Å². The van der Waals surface area contributed by atoms with E-state index in [4.69, 9.17) is 0 Å². The zero-order valence-corrected chi connectivity index (χ0v) is 16.1. The largest absolute Gasteiger partial charge is 0.356 e. The Labute approximate surface area is 162 Å². The Morgan fingerprint density at radius 2 is 1.96 bits per heavy atom. The molecule has 0 atom stereocenters. The SMILES string of the molecule is CCCCCNC(=O)CCn1c(C)nc2c(cnn2-c2ccc(F)cc2)c1=O. The number of carbonyl (C=O) groups excluding carboxylic acids is 1. The summed E-state index contributed by atoms with van der Waals surface area (Å²) in [5.74, 6) is 0.0735. The fourth-order valence-electron chi connectivity index (χ4n) is 3.05. The van der Waals surface area contributed by atoms with Gasteiger partial charge in [0.2, 0.25) is 5.91 Å². The van der Waals surface area contributed by atoms with Crippen molar-refractivity contribution in [1.82, 2.24) is 24.6 Å². The van der Waals surface area contributed by atoms with E-state index in [9.17, 15) is 14.0 Å². The summed E-state index contributed by atoms with van der Waals surface area (Å²) in [6.45, 7) is 4.75. The third-order valence-corrected chi connectivity index (χ3v) is 4.61. The van der Waals surface area contributed by atoms with Crippen molar-refractivity contribution in [1.29, 1.82) is 0 Å². The Bertz CT molecular complexity index is 1020. The molecular formula is C20H24FN5O2. The number of hydrogen-bond donors (Lipinski definition) is 1. The van der Waals surface area contributed by atoms with Gasteiger partial charge in [0, 0.05) is 19.5 Å². The van der Waals surface area contributed by atoms with Gasteiger partial charge in [-0.2, -0.15) is 5.10 Å². The van der Waals surface area contributed by atoms with Crippen LogP contribution in [0.1, 0.15) is 38.4 Å². The topological polar surface area (TPSA) is 81.8 Å². The van der Waals surface area contributed by atoms with Gasteiger partial charge in [0.15, 0.2) is 5.65 Å². The minimum atomic E-state index is -0.348. The Morgan fingerprint density at radius 1 is 1.21 bits per heavy atom. The molecule has 8 heteroatoms. The molecule has 0 fully saturated rings. The number of hydrogen-bond acceptors (Lipinski definition) is 4. The normalized spacial score (nSPS) is 11.1. The van der Waals surface area contributed by atoms with Crippen molar-refractivity contribution in [3.05, 3.63) is 52.5 Å². The third-order valence-electron chi connectivity index (χ3n) is 4.61. The number of nitrogens with one attached hydrogen (secondary N) is 1. The van der Waals surface area contributed by atoms with Crippen LogP contribution in [-0.2, 0) is 11.3 Å². The number of halogens is 1. The molecule has 3 aromatic rings. The minimum Gasteiger partial charge on any atom is -0.356 e. The van der Waals surface area contributed by atoms with E-state index >= 15 is 0 Å². The Kier molecular flexibility index (Phi) is 6.18. The number of benzene rings is 1. The van der Waals surface area contributed by atoms with Gasteiger partial charge in [-0.25, -0.2) is 14.1 Å². The number of fused-ring (bicyclic) bond motifs is 1. The molecular weight excluding hydrogens is 361 g/mol. The molecule has 0 aliphatic carbocycles. The van der Waals surface area contributed by atoms with Crippen LogP contribution in [-0.4, -0.2) is 31.8 Å². The first-order valence-electron chi connectivity index (χ1n) is 9.49. The highest BCUT2D eigenvalue weighted by Crippen LogP contribution is 2.15. The summed E-state index contributed by atoms with van der Waals surface area (Å²) < 4.78 is 16.2. The molecule has 0 aliphatic heterocycles. The number of nitrogens with zero attached hydrogens (tertiary/aromatic N) is 4. The van der Waals surface area contributed by atoms with Gasteiger partial charge in [0.25, 0.3) is 5.56 Å². The molecule has 0 bridgehead atoms. The number of carbonyl (C=O) groups is 1. The zero-order valence-electron chi connectivity index (χ0n) is 16.1. The van der Waals surface area contributed by atoms with E-state index in [1.54, 1.807) is 19.1 Å². The van der Waals surface area contributed by atoms with E-state index in [2.05, 4.69) is 22.3 Å². The number of aromatic nitrogens is 4. The second-order valence-electron chi connectivity index (χ2n) is 6.69. The van der Waals surface area contributed by atoms with Gasteiger partial charge in [0.1, 0.15) is 17.0 Å². The average Bonchev–Trinajstić information content (AvgIpc) is 3.09. The van der Waals surface area contributed by atoms with E-state index in [1.165, 1.54) is 27.6 Å². The van der Waals surface area contributed by atoms with Crippen LogP contribution in [0.5, 0.6) is 0 Å². The van der Waals surface area contributed by atoms with Crippen LogP contribution in [0.15, 0.2) is 35.3 Å². The van der Waals surface area contributed by atoms with Crippen LogP contribution in [0.2, 0.25) is 0 Å². The number of aryl methyl sites for hydroxylation is 1. The molecule has 0 radical (unpaired) electrons. The fourth-order valence-corrected chi connectivity index (χ4v) is 3.05. The first-order chi connectivity index (χ1) is 13.5. The maximum Gasteiger partial charge on any atom is 0.264 e. The molecule has 0 saturated heterocycles. The van der Waals surface area contributed by atoms with Gasteiger partial charge in [-0.1, -0.05) is 19.8 Å². The minimum absolute atomic E-state index is 0.0792. The van der Waals surface area contributed by atoms with Crippen molar-refractivity contribution < 1.29 is 9.18 Å². The summed E-state index contributed by atoms with van der Waals surface area (Å²) in [5, 5.41) is 7.46. The van der Waals surface area contributed by atoms with Crippen LogP contribution < -0.4 is 10.9 Å². The molecule has 1 N–H and O–H groups in total. The summed E-state index contributed by atoms with van der Waals surface area (Å²) in [7, 11) is 0. The van der Waals surface area contributed by atoms with E-state index in [0.717, 1.165) is 19.3 Å². The lowest BCUT2D eigenvalue weighted by atomic mass is 10.2. The molecule has 3 rings (SSSR count). The van der Waals surface area contributed by atoms with Crippen molar-refractivity contribution in [2.75, 3.05) is 6.54 Å². The van der Waals surface area contributed by atoms with Crippen LogP contribution in [0.4, 0.5) is 4.39 Å². The lowest BCUT2D eigenvalue weighted by Gasteiger charge is -2.10. The fraction of sp³-hybridized carbons (Fsp3) is 0.400. The average molecular weight is 385 g/mol. The molecule has 0 spiro atoms. The molecule has 0 unspecified atom stereocenters. The smallest absolute Gasteiger partial charge is 0.264 e. The quantitative estimate of drug-likeness (QED) is 0.605. The molecule has 0 saturated carbocycles. The number of rotatable bonds is 8. The van der Waals surface area contributed by atoms with Crippen LogP contribution in [0, 0.1) is 12.7 Å². The van der Waals surface area contributed by atoms with E-state index in [0.29, 0.717) is 29.1 Å². The van der Waals surface area contributed by atoms with Crippen molar-refractivity contribution in [3.8, 4) is 5.69 Å². The summed E-state index contributed by atoms with van der Waals surface area (Å²) in [6.07, 6.45) is 4.80. The van der Waals surface area contributed by atoms with Gasteiger partial charge in [0.05, 0.1) is 11.9 Å². The summed E-state index contributed by atoms with van der Waals surface area (Å²) >= 11 is 0. The predicted molar refractivity (Wildman–Crippen MR) is 105 cm³/mol. The van der Waals surface area contributed by atoms with Crippen molar-refractivity contribution >= 4 is 16.9 Å². The highest BCUT2D eigenvalue weighted by molar-refractivity contribution is 5.76. The maximum atomic E-state index is 13.2. The zero-order chi connectivity index (χ0) is 20.1. The lowest BCUT2D eigenvalue weighted by Crippen LogP contribution is -2.29. The van der Waals surface area contributed by atoms with Crippen LogP contribution in [0.3, 0.4) is 0 Å². The van der Waals surface area contributed by atoms with Gasteiger partial charge in [-0.15, -0.1) is 0 Å². The molecule has 28 heavy (non-hydrogen) atoms. The van der Waals surface area contributed by atoms with Crippen LogP contribution in [0.25, 0.3) is 16.7 Å². The van der Waals surface area contributed by atoms with E-state index < -0.39 is 0 Å². The molecule has 7 nitrogen and oxygen atoms in total. The van der Waals surface area contributed by atoms with Crippen molar-refractivity contribution in [2.24, 2.45) is 0 Å². The van der Waals surface area contributed by atoms with Crippen LogP contribution >= 0.6 is 0 Å². The highest BCUT2D eigenvalue weighted by Gasteiger charge is 2.15. The number of amides is 1. The van der Waals surface area contributed by atoms with Crippen molar-refractivity contribution in [2.45, 2.75) is 46.1 Å². The second kappa shape index (κ2) is 8.77. The van der Waals surface area contributed by atoms with Gasteiger partial charge >= 0.3 is 0 Å². The Balaban J connectivity index is 1.79. The van der Waals surface area contributed by atoms with Crippen molar-refractivity contribution in [3.63, 3.8) is 0 Å². The Morgan fingerprint density at radius 3 is 2.68 bits per heavy atom. The first kappa shape index (κ1) is 19.7. The molecule has 2 heterocycles. The molecule has 1 aromatic carbocycles. The third kappa shape index (κ3) is 4.27. The summed E-state index contributed by atoms with van der Waals surface area (Å²) in [4.78, 5) is 29.3. The Hall–Kier alpha value is -3.03. The molecule has 148 valence electrons. The standard InChI is InChI=1S/C20H24FN5O2/c1-3-4-5-11-22-18(27)10-12-25-14(2)24-19-17(20(25)28)13-23-26(19)16-8-6-15(21)7-9-16/h6-9,13H,3-5,10-12H2,1-2H3,(H,22,27). The monoisotopic (exact) mass is 385 g/mol. The van der Waals surface area contributed by atoms with Gasteiger partial charge in [-0.3, -0.25) is 14.2 Å². The van der Waals surface area contributed by atoms with Gasteiger partial charge < -0.3 is 5.32 Å². The highest BCUT2D eigenvalue weighted by atomic mass is 19.1. The van der Waals surface area contributed by atoms with E-state index in [-0.39, 0.29) is 30.2 Å². The summed E-state index contributed by atoms with van der Waals surface area (Å²) in [5.41, 5.74) is 0.788. The molecule has 2 aromatic heterocycles. The molecule has 1 amide bonds. The maximum absolute atomic E-state index is 13.2. The lowest BCUT2D eigenvalue weighted by molar-refractivity contribution is -0.121.